The van der Waals surface area contributed by atoms with Gasteiger partial charge in [0.1, 0.15) is 0 Å². The monoisotopic (exact) mass is 155 g/mol. The molecule has 0 radical (unpaired) electrons. The van der Waals surface area contributed by atoms with Crippen molar-refractivity contribution >= 4 is 11.7 Å². The third-order valence-electron chi connectivity index (χ3n) is 2.23. The molecule has 1 aliphatic carbocycles. The van der Waals surface area contributed by atoms with Crippen LogP contribution in [-0.2, 0) is 9.59 Å². The molecule has 0 aromatic carbocycles. The maximum atomic E-state index is 10.9. The molecule has 0 bridgehead atoms. The molecule has 0 atom stereocenters. The summed E-state index contributed by atoms with van der Waals surface area (Å²) in [4.78, 5) is 21.4. The van der Waals surface area contributed by atoms with E-state index < -0.39 is 11.7 Å². The normalized spacial score (nSPS) is 19.1. The van der Waals surface area contributed by atoms with Gasteiger partial charge in [-0.25, -0.2) is 0 Å². The first kappa shape index (κ1) is 8.24. The lowest BCUT2D eigenvalue weighted by Crippen LogP contribution is -2.39. The molecule has 0 unspecified atom stereocenters. The molecule has 0 saturated heterocycles. The highest BCUT2D eigenvalue weighted by Gasteiger charge is 2.42. The van der Waals surface area contributed by atoms with E-state index in [2.05, 4.69) is 5.32 Å². The predicted octanol–water partition coefficient (Wildman–Crippen LogP) is 0.634. The molecule has 1 rings (SSSR count). The molecule has 0 heterocycles. The van der Waals surface area contributed by atoms with Crippen molar-refractivity contribution in [1.82, 2.24) is 5.32 Å². The van der Waals surface area contributed by atoms with Crippen LogP contribution in [0.1, 0.15) is 33.1 Å². The fourth-order valence-corrected chi connectivity index (χ4v) is 1.05. The van der Waals surface area contributed by atoms with Crippen LogP contribution in [0.3, 0.4) is 0 Å². The molecule has 3 nitrogen and oxygen atoms in total. The lowest BCUT2D eigenvalue weighted by molar-refractivity contribution is -0.137. The summed E-state index contributed by atoms with van der Waals surface area (Å²) in [6, 6.07) is 0. The van der Waals surface area contributed by atoms with E-state index in [0.717, 1.165) is 19.3 Å². The third kappa shape index (κ3) is 1.79. The summed E-state index contributed by atoms with van der Waals surface area (Å²) in [6.45, 7) is 3.31. The van der Waals surface area contributed by atoms with Crippen molar-refractivity contribution in [3.8, 4) is 0 Å². The Labute approximate surface area is 66.2 Å². The van der Waals surface area contributed by atoms with Crippen molar-refractivity contribution in [2.45, 2.75) is 38.6 Å². The van der Waals surface area contributed by atoms with Gasteiger partial charge in [0.05, 0.1) is 0 Å². The molecule has 0 aliphatic heterocycles. The second kappa shape index (κ2) is 2.64. The Kier molecular flexibility index (Phi) is 1.98. The zero-order valence-corrected chi connectivity index (χ0v) is 6.94. The Balaban J connectivity index is 2.42. The van der Waals surface area contributed by atoms with Crippen LogP contribution in [0, 0.1) is 0 Å². The smallest absolute Gasteiger partial charge is 0.287 e. The maximum Gasteiger partial charge on any atom is 0.287 e. The largest absolute Gasteiger partial charge is 0.344 e. The summed E-state index contributed by atoms with van der Waals surface area (Å²) in [6.07, 6.45) is 2.96. The lowest BCUT2D eigenvalue weighted by Gasteiger charge is -2.12. The summed E-state index contributed by atoms with van der Waals surface area (Å²) in [5.74, 6) is -0.839. The number of hydrogen-bond acceptors (Lipinski definition) is 2. The fraction of sp³-hybridized carbons (Fsp3) is 0.750. The predicted molar refractivity (Wildman–Crippen MR) is 41.1 cm³/mol. The lowest BCUT2D eigenvalue weighted by atomic mass is 10.2. The van der Waals surface area contributed by atoms with Crippen LogP contribution in [0.5, 0.6) is 0 Å². The Bertz CT molecular complexity index is 194. The van der Waals surface area contributed by atoms with Gasteiger partial charge in [0.2, 0.25) is 5.78 Å². The Morgan fingerprint density at radius 2 is 2.00 bits per heavy atom. The van der Waals surface area contributed by atoms with Crippen LogP contribution in [0.25, 0.3) is 0 Å². The van der Waals surface area contributed by atoms with Gasteiger partial charge in [-0.05, 0) is 19.3 Å². The number of carbonyl (C=O) groups is 2. The van der Waals surface area contributed by atoms with Crippen molar-refractivity contribution in [3.05, 3.63) is 0 Å². The van der Waals surface area contributed by atoms with Crippen LogP contribution in [0.4, 0.5) is 0 Å². The van der Waals surface area contributed by atoms with Gasteiger partial charge in [0.15, 0.2) is 0 Å². The number of Topliss-reactive ketones (excluding diaryl/α,β-unsaturated/α-hetero) is 1. The molecule has 3 heteroatoms. The van der Waals surface area contributed by atoms with E-state index in [1.54, 1.807) is 0 Å². The van der Waals surface area contributed by atoms with E-state index in [0.29, 0.717) is 0 Å². The van der Waals surface area contributed by atoms with Crippen molar-refractivity contribution < 1.29 is 9.59 Å². The van der Waals surface area contributed by atoms with E-state index in [1.807, 2.05) is 6.92 Å². The molecule has 1 saturated carbocycles. The van der Waals surface area contributed by atoms with E-state index in [9.17, 15) is 9.59 Å². The number of rotatable bonds is 3. The summed E-state index contributed by atoms with van der Waals surface area (Å²) in [5, 5.41) is 2.73. The number of nitrogens with one attached hydrogen (secondary N) is 1. The molecular weight excluding hydrogens is 142 g/mol. The van der Waals surface area contributed by atoms with Crippen LogP contribution in [0.2, 0.25) is 0 Å². The number of amides is 1. The van der Waals surface area contributed by atoms with Gasteiger partial charge in [-0.3, -0.25) is 9.59 Å². The molecule has 0 aromatic rings. The van der Waals surface area contributed by atoms with Crippen LogP contribution < -0.4 is 5.32 Å². The minimum absolute atomic E-state index is 0.0250. The Hall–Kier alpha value is -0.860. The van der Waals surface area contributed by atoms with Gasteiger partial charge in [0.25, 0.3) is 5.91 Å². The molecule has 1 aliphatic rings. The van der Waals surface area contributed by atoms with Crippen molar-refractivity contribution in [1.29, 1.82) is 0 Å². The number of carbonyl (C=O) groups excluding carboxylic acids is 2. The van der Waals surface area contributed by atoms with Gasteiger partial charge in [-0.1, -0.05) is 6.92 Å². The average molecular weight is 155 g/mol. The first-order valence-electron chi connectivity index (χ1n) is 3.93. The molecule has 62 valence electrons. The highest BCUT2D eigenvalue weighted by molar-refractivity contribution is 6.35. The Morgan fingerprint density at radius 1 is 1.45 bits per heavy atom. The van der Waals surface area contributed by atoms with Gasteiger partial charge in [0, 0.05) is 12.5 Å². The minimum Gasteiger partial charge on any atom is -0.344 e. The highest BCUT2D eigenvalue weighted by Crippen LogP contribution is 2.38. The molecule has 0 spiro atoms. The maximum absolute atomic E-state index is 10.9. The van der Waals surface area contributed by atoms with Gasteiger partial charge >= 0.3 is 0 Å². The van der Waals surface area contributed by atoms with Crippen LogP contribution in [0.15, 0.2) is 0 Å². The van der Waals surface area contributed by atoms with E-state index in [1.165, 1.54) is 6.92 Å². The molecule has 0 aromatic heterocycles. The van der Waals surface area contributed by atoms with Crippen molar-refractivity contribution in [2.75, 3.05) is 0 Å². The Morgan fingerprint density at radius 3 is 2.27 bits per heavy atom. The summed E-state index contributed by atoms with van der Waals surface area (Å²) in [5.41, 5.74) is -0.0250. The van der Waals surface area contributed by atoms with E-state index in [4.69, 9.17) is 0 Å². The van der Waals surface area contributed by atoms with Crippen LogP contribution >= 0.6 is 0 Å². The summed E-state index contributed by atoms with van der Waals surface area (Å²) in [7, 11) is 0. The zero-order chi connectivity index (χ0) is 8.48. The van der Waals surface area contributed by atoms with Crippen LogP contribution in [-0.4, -0.2) is 17.2 Å². The highest BCUT2D eigenvalue weighted by atomic mass is 16.2. The third-order valence-corrected chi connectivity index (χ3v) is 2.23. The van der Waals surface area contributed by atoms with E-state index >= 15 is 0 Å². The first-order chi connectivity index (χ1) is 5.09. The fourth-order valence-electron chi connectivity index (χ4n) is 1.05. The first-order valence-corrected chi connectivity index (χ1v) is 3.93. The number of hydrogen-bond donors (Lipinski definition) is 1. The summed E-state index contributed by atoms with van der Waals surface area (Å²) < 4.78 is 0. The van der Waals surface area contributed by atoms with Gasteiger partial charge in [-0.2, -0.15) is 0 Å². The SMILES string of the molecule is CCC1(NC(=O)C(C)=O)CC1. The molecule has 1 fully saturated rings. The minimum atomic E-state index is -0.440. The summed E-state index contributed by atoms with van der Waals surface area (Å²) >= 11 is 0. The van der Waals surface area contributed by atoms with Crippen molar-refractivity contribution in [2.24, 2.45) is 0 Å². The van der Waals surface area contributed by atoms with Gasteiger partial charge < -0.3 is 5.32 Å². The standard InChI is InChI=1S/C8H13NO2/c1-3-8(4-5-8)9-7(11)6(2)10/h3-5H2,1-2H3,(H,9,11). The van der Waals surface area contributed by atoms with Crippen molar-refractivity contribution in [3.63, 3.8) is 0 Å². The molecule has 1 amide bonds. The molecule has 11 heavy (non-hydrogen) atoms. The quantitative estimate of drug-likeness (QED) is 0.608. The topological polar surface area (TPSA) is 46.2 Å². The molecular formula is C8H13NO2. The average Bonchev–Trinajstić information content (AvgIpc) is 2.69. The molecule has 1 N–H and O–H groups in total. The second-order valence-corrected chi connectivity index (χ2v) is 3.14. The zero-order valence-electron chi connectivity index (χ0n) is 6.94. The van der Waals surface area contributed by atoms with Gasteiger partial charge in [-0.15, -0.1) is 0 Å². The number of ketones is 1. The van der Waals surface area contributed by atoms with E-state index in [-0.39, 0.29) is 5.54 Å². The second-order valence-electron chi connectivity index (χ2n) is 3.14.